The molecule has 1 rings (SSSR count). The first-order chi connectivity index (χ1) is 8.82. The van der Waals surface area contributed by atoms with Crippen LogP contribution < -0.4 is 11.2 Å². The molecule has 0 saturated heterocycles. The first kappa shape index (κ1) is 16.0. The second kappa shape index (κ2) is 6.38. The van der Waals surface area contributed by atoms with E-state index in [1.807, 2.05) is 6.92 Å². The molecule has 108 valence electrons. The first-order valence-corrected chi connectivity index (χ1v) is 8.24. The van der Waals surface area contributed by atoms with Crippen LogP contribution in [0, 0.1) is 0 Å². The standard InChI is InChI=1S/C11H17ClN2O4S/c1-3-5-8-9(12)13-11(16)14(10(8)15)6-7-19(17,18)4-2/h3-7H2,1-2H3,(H,13,16). The molecule has 1 N–H and O–H groups in total. The van der Waals surface area contributed by atoms with Crippen LogP contribution in [0.3, 0.4) is 0 Å². The summed E-state index contributed by atoms with van der Waals surface area (Å²) < 4.78 is 23.7. The fourth-order valence-corrected chi connectivity index (χ4v) is 2.64. The highest BCUT2D eigenvalue weighted by Crippen LogP contribution is 2.07. The first-order valence-electron chi connectivity index (χ1n) is 6.04. The van der Waals surface area contributed by atoms with Crippen LogP contribution in [0.25, 0.3) is 0 Å². The van der Waals surface area contributed by atoms with Crippen molar-refractivity contribution in [3.8, 4) is 0 Å². The van der Waals surface area contributed by atoms with Crippen molar-refractivity contribution >= 4 is 21.4 Å². The minimum absolute atomic E-state index is 0.0188. The molecule has 0 spiro atoms. The fourth-order valence-electron chi connectivity index (χ4n) is 1.63. The Morgan fingerprint density at radius 3 is 2.42 bits per heavy atom. The predicted octanol–water partition coefficient (Wildman–Crippen LogP) is 0.577. The lowest BCUT2D eigenvalue weighted by molar-refractivity contribution is 0.583. The van der Waals surface area contributed by atoms with Gasteiger partial charge in [0.1, 0.15) is 5.15 Å². The highest BCUT2D eigenvalue weighted by atomic mass is 35.5. The maximum Gasteiger partial charge on any atom is 0.329 e. The average molecular weight is 309 g/mol. The Hall–Kier alpha value is -1.08. The van der Waals surface area contributed by atoms with Crippen LogP contribution in [0.2, 0.25) is 5.15 Å². The molecule has 0 bridgehead atoms. The second-order valence-corrected chi connectivity index (χ2v) is 7.02. The highest BCUT2D eigenvalue weighted by Gasteiger charge is 2.14. The van der Waals surface area contributed by atoms with Gasteiger partial charge in [-0.15, -0.1) is 0 Å². The van der Waals surface area contributed by atoms with E-state index in [0.29, 0.717) is 18.4 Å². The summed E-state index contributed by atoms with van der Waals surface area (Å²) in [6, 6.07) is 0. The van der Waals surface area contributed by atoms with Gasteiger partial charge in [0.25, 0.3) is 5.56 Å². The van der Waals surface area contributed by atoms with Crippen LogP contribution >= 0.6 is 11.6 Å². The van der Waals surface area contributed by atoms with Gasteiger partial charge in [0.15, 0.2) is 9.84 Å². The molecule has 1 aromatic heterocycles. The van der Waals surface area contributed by atoms with E-state index < -0.39 is 21.1 Å². The number of hydrogen-bond acceptors (Lipinski definition) is 4. The topological polar surface area (TPSA) is 89.0 Å². The van der Waals surface area contributed by atoms with Crippen molar-refractivity contribution in [3.05, 3.63) is 31.6 Å². The number of H-pyrrole nitrogens is 1. The maximum atomic E-state index is 12.1. The number of nitrogens with zero attached hydrogens (tertiary/aromatic N) is 1. The molecule has 1 aromatic rings. The molecule has 0 unspecified atom stereocenters. The van der Waals surface area contributed by atoms with Crippen LogP contribution in [0.4, 0.5) is 0 Å². The quantitative estimate of drug-likeness (QED) is 0.778. The van der Waals surface area contributed by atoms with Crippen molar-refractivity contribution in [2.45, 2.75) is 33.2 Å². The molecule has 1 heterocycles. The third-order valence-corrected chi connectivity index (χ3v) is 4.80. The zero-order valence-electron chi connectivity index (χ0n) is 10.9. The molecule has 0 aliphatic heterocycles. The number of aromatic nitrogens is 2. The van der Waals surface area contributed by atoms with E-state index in [0.717, 1.165) is 4.57 Å². The van der Waals surface area contributed by atoms with Crippen molar-refractivity contribution in [2.75, 3.05) is 11.5 Å². The van der Waals surface area contributed by atoms with E-state index in [9.17, 15) is 18.0 Å². The van der Waals surface area contributed by atoms with Gasteiger partial charge in [-0.05, 0) is 6.42 Å². The van der Waals surface area contributed by atoms with Gasteiger partial charge in [0.2, 0.25) is 0 Å². The normalized spacial score (nSPS) is 11.7. The largest absolute Gasteiger partial charge is 0.329 e. The van der Waals surface area contributed by atoms with Crippen molar-refractivity contribution < 1.29 is 8.42 Å². The van der Waals surface area contributed by atoms with E-state index in [-0.39, 0.29) is 23.2 Å². The van der Waals surface area contributed by atoms with E-state index in [1.54, 1.807) is 0 Å². The molecular weight excluding hydrogens is 292 g/mol. The maximum absolute atomic E-state index is 12.1. The Bertz CT molecular complexity index is 660. The number of halogens is 1. The number of rotatable bonds is 6. The Labute approximate surface area is 116 Å². The number of sulfone groups is 1. The second-order valence-electron chi connectivity index (χ2n) is 4.17. The molecule has 0 aliphatic carbocycles. The third-order valence-electron chi connectivity index (χ3n) is 2.80. The Kier molecular flexibility index (Phi) is 5.37. The minimum Gasteiger partial charge on any atom is -0.297 e. The van der Waals surface area contributed by atoms with Gasteiger partial charge in [-0.1, -0.05) is 31.9 Å². The molecule has 0 saturated carbocycles. The van der Waals surface area contributed by atoms with Crippen LogP contribution in [0.5, 0.6) is 0 Å². The van der Waals surface area contributed by atoms with Crippen molar-refractivity contribution in [2.24, 2.45) is 0 Å². The summed E-state index contributed by atoms with van der Waals surface area (Å²) in [4.78, 5) is 26.1. The SMILES string of the molecule is CCCc1c(Cl)[nH]c(=O)n(CCS(=O)(=O)CC)c1=O. The lowest BCUT2D eigenvalue weighted by Crippen LogP contribution is -2.39. The lowest BCUT2D eigenvalue weighted by atomic mass is 10.2. The van der Waals surface area contributed by atoms with Gasteiger partial charge in [-0.25, -0.2) is 13.2 Å². The summed E-state index contributed by atoms with van der Waals surface area (Å²) in [7, 11) is -3.23. The summed E-state index contributed by atoms with van der Waals surface area (Å²) in [6.07, 6.45) is 1.14. The molecule has 0 fully saturated rings. The predicted molar refractivity (Wildman–Crippen MR) is 74.7 cm³/mol. The van der Waals surface area contributed by atoms with Crippen molar-refractivity contribution in [1.82, 2.24) is 9.55 Å². The van der Waals surface area contributed by atoms with Gasteiger partial charge in [-0.2, -0.15) is 0 Å². The van der Waals surface area contributed by atoms with E-state index in [2.05, 4.69) is 4.98 Å². The van der Waals surface area contributed by atoms with E-state index >= 15 is 0 Å². The Morgan fingerprint density at radius 1 is 1.26 bits per heavy atom. The third kappa shape index (κ3) is 3.94. The molecule has 0 atom stereocenters. The summed E-state index contributed by atoms with van der Waals surface area (Å²) in [6.45, 7) is 3.25. The van der Waals surface area contributed by atoms with Crippen LogP contribution in [-0.2, 0) is 22.8 Å². The molecule has 8 heteroatoms. The zero-order chi connectivity index (χ0) is 14.6. The summed E-state index contributed by atoms with van der Waals surface area (Å²) >= 11 is 5.82. The summed E-state index contributed by atoms with van der Waals surface area (Å²) in [5, 5.41) is 0.0337. The van der Waals surface area contributed by atoms with Crippen LogP contribution in [0.1, 0.15) is 25.8 Å². The van der Waals surface area contributed by atoms with Gasteiger partial charge in [0, 0.05) is 12.3 Å². The molecular formula is C11H17ClN2O4S. The summed E-state index contributed by atoms with van der Waals surface area (Å²) in [5.74, 6) is -0.255. The zero-order valence-corrected chi connectivity index (χ0v) is 12.5. The minimum atomic E-state index is -3.23. The number of aromatic amines is 1. The molecule has 6 nitrogen and oxygen atoms in total. The number of nitrogens with one attached hydrogen (secondary N) is 1. The van der Waals surface area contributed by atoms with Crippen molar-refractivity contribution in [3.63, 3.8) is 0 Å². The summed E-state index contributed by atoms with van der Waals surface area (Å²) in [5.41, 5.74) is -0.874. The monoisotopic (exact) mass is 308 g/mol. The Balaban J connectivity index is 3.19. The molecule has 19 heavy (non-hydrogen) atoms. The highest BCUT2D eigenvalue weighted by molar-refractivity contribution is 7.91. The molecule has 0 radical (unpaired) electrons. The smallest absolute Gasteiger partial charge is 0.297 e. The molecule has 0 amide bonds. The van der Waals surface area contributed by atoms with Gasteiger partial charge in [0.05, 0.1) is 11.3 Å². The van der Waals surface area contributed by atoms with Crippen LogP contribution in [-0.4, -0.2) is 29.5 Å². The molecule has 0 aromatic carbocycles. The number of hydrogen-bond donors (Lipinski definition) is 1. The van der Waals surface area contributed by atoms with E-state index in [1.165, 1.54) is 6.92 Å². The van der Waals surface area contributed by atoms with Gasteiger partial charge >= 0.3 is 5.69 Å². The Morgan fingerprint density at radius 2 is 1.89 bits per heavy atom. The average Bonchev–Trinajstić information content (AvgIpc) is 2.34. The molecule has 0 aliphatic rings. The van der Waals surface area contributed by atoms with Gasteiger partial charge in [-0.3, -0.25) is 14.3 Å². The van der Waals surface area contributed by atoms with E-state index in [4.69, 9.17) is 11.6 Å². The fraction of sp³-hybridized carbons (Fsp3) is 0.636. The lowest BCUT2D eigenvalue weighted by Gasteiger charge is -2.08. The van der Waals surface area contributed by atoms with Crippen LogP contribution in [0.15, 0.2) is 9.59 Å². The van der Waals surface area contributed by atoms with Gasteiger partial charge < -0.3 is 0 Å². The van der Waals surface area contributed by atoms with Crippen molar-refractivity contribution in [1.29, 1.82) is 0 Å².